The standard InChI is InChI=1S/C24H27BrO3S/c1-16-13-23(17(2)12-21(16)25)29-15-24(27)28-14-22(26)20-10-8-19(9-11-20)18-6-4-3-5-7-18/h8-13,18H,3-7,14-15H2,1-2H3. The Morgan fingerprint density at radius 3 is 2.41 bits per heavy atom. The SMILES string of the molecule is Cc1cc(SCC(=O)OCC(=O)c2ccc(C3CCCCC3)cc2)c(C)cc1Br. The van der Waals surface area contributed by atoms with Crippen LogP contribution in [0.2, 0.25) is 0 Å². The van der Waals surface area contributed by atoms with Crippen LogP contribution in [-0.4, -0.2) is 24.1 Å². The molecule has 1 aliphatic rings. The summed E-state index contributed by atoms with van der Waals surface area (Å²) in [6, 6.07) is 11.9. The number of thioether (sulfide) groups is 1. The Kier molecular flexibility index (Phi) is 7.96. The molecule has 0 radical (unpaired) electrons. The van der Waals surface area contributed by atoms with E-state index in [0.29, 0.717) is 11.5 Å². The molecule has 0 atom stereocenters. The molecule has 2 aromatic rings. The van der Waals surface area contributed by atoms with Crippen molar-refractivity contribution >= 4 is 39.4 Å². The predicted molar refractivity (Wildman–Crippen MR) is 122 cm³/mol. The van der Waals surface area contributed by atoms with Crippen molar-refractivity contribution in [3.05, 3.63) is 63.1 Å². The lowest BCUT2D eigenvalue weighted by molar-refractivity contribution is -0.139. The summed E-state index contributed by atoms with van der Waals surface area (Å²) in [6.07, 6.45) is 6.38. The van der Waals surface area contributed by atoms with Crippen molar-refractivity contribution in [3.63, 3.8) is 0 Å². The number of rotatable bonds is 7. The van der Waals surface area contributed by atoms with Crippen LogP contribution < -0.4 is 0 Å². The van der Waals surface area contributed by atoms with Crippen molar-refractivity contribution in [2.45, 2.75) is 56.8 Å². The number of carbonyl (C=O) groups is 2. The Bertz CT molecular complexity index is 870. The van der Waals surface area contributed by atoms with E-state index in [2.05, 4.69) is 34.1 Å². The third kappa shape index (κ3) is 6.19. The van der Waals surface area contributed by atoms with Crippen LogP contribution in [0.4, 0.5) is 0 Å². The second-order valence-electron chi connectivity index (χ2n) is 7.70. The largest absolute Gasteiger partial charge is 0.457 e. The van der Waals surface area contributed by atoms with Gasteiger partial charge < -0.3 is 4.74 Å². The van der Waals surface area contributed by atoms with Gasteiger partial charge >= 0.3 is 5.97 Å². The second-order valence-corrected chi connectivity index (χ2v) is 9.57. The third-order valence-electron chi connectivity index (χ3n) is 5.48. The van der Waals surface area contributed by atoms with Gasteiger partial charge in [0, 0.05) is 14.9 Å². The number of ether oxygens (including phenoxy) is 1. The Morgan fingerprint density at radius 1 is 1.03 bits per heavy atom. The monoisotopic (exact) mass is 474 g/mol. The molecule has 1 aliphatic carbocycles. The molecule has 1 fully saturated rings. The molecule has 0 aliphatic heterocycles. The van der Waals surface area contributed by atoms with E-state index in [1.54, 1.807) is 0 Å². The molecule has 0 aromatic heterocycles. The summed E-state index contributed by atoms with van der Waals surface area (Å²) >= 11 is 4.95. The van der Waals surface area contributed by atoms with Crippen molar-refractivity contribution in [2.75, 3.05) is 12.4 Å². The average molecular weight is 475 g/mol. The van der Waals surface area contributed by atoms with E-state index < -0.39 is 0 Å². The molecule has 3 rings (SSSR count). The first-order valence-electron chi connectivity index (χ1n) is 10.1. The van der Waals surface area contributed by atoms with Gasteiger partial charge in [0.15, 0.2) is 12.4 Å². The maximum Gasteiger partial charge on any atom is 0.316 e. The zero-order valence-electron chi connectivity index (χ0n) is 17.0. The number of ketones is 1. The number of carbonyl (C=O) groups excluding carboxylic acids is 2. The maximum atomic E-state index is 12.4. The minimum Gasteiger partial charge on any atom is -0.457 e. The molecule has 2 aromatic carbocycles. The molecule has 1 saturated carbocycles. The first kappa shape index (κ1) is 22.1. The number of halogens is 1. The zero-order chi connectivity index (χ0) is 20.8. The lowest BCUT2D eigenvalue weighted by Gasteiger charge is -2.22. The van der Waals surface area contributed by atoms with Gasteiger partial charge in [-0.1, -0.05) is 59.5 Å². The molecule has 154 valence electrons. The molecule has 0 heterocycles. The number of aryl methyl sites for hydroxylation is 2. The molecule has 3 nitrogen and oxygen atoms in total. The fourth-order valence-electron chi connectivity index (χ4n) is 3.69. The summed E-state index contributed by atoms with van der Waals surface area (Å²) in [4.78, 5) is 25.5. The number of esters is 1. The van der Waals surface area contributed by atoms with Gasteiger partial charge in [0.1, 0.15) is 0 Å². The number of Topliss-reactive ketones (excluding diaryl/α,β-unsaturated/α-hetero) is 1. The van der Waals surface area contributed by atoms with E-state index in [9.17, 15) is 9.59 Å². The number of hydrogen-bond donors (Lipinski definition) is 0. The lowest BCUT2D eigenvalue weighted by atomic mass is 9.84. The molecular formula is C24H27BrO3S. The van der Waals surface area contributed by atoms with Gasteiger partial charge in [0.25, 0.3) is 0 Å². The summed E-state index contributed by atoms with van der Waals surface area (Å²) in [6.45, 7) is 3.82. The van der Waals surface area contributed by atoms with E-state index in [-0.39, 0.29) is 24.1 Å². The maximum absolute atomic E-state index is 12.4. The molecule has 0 unspecified atom stereocenters. The topological polar surface area (TPSA) is 43.4 Å². The summed E-state index contributed by atoms with van der Waals surface area (Å²) in [5, 5.41) is 0. The molecule has 5 heteroatoms. The fraction of sp³-hybridized carbons (Fsp3) is 0.417. The van der Waals surface area contributed by atoms with Gasteiger partial charge in [-0.3, -0.25) is 9.59 Å². The van der Waals surface area contributed by atoms with E-state index >= 15 is 0 Å². The smallest absolute Gasteiger partial charge is 0.316 e. The van der Waals surface area contributed by atoms with E-state index in [1.807, 2.05) is 32.0 Å². The lowest BCUT2D eigenvalue weighted by Crippen LogP contribution is -2.15. The Morgan fingerprint density at radius 2 is 1.72 bits per heavy atom. The quantitative estimate of drug-likeness (QED) is 0.256. The minimum absolute atomic E-state index is 0.158. The number of benzene rings is 2. The van der Waals surface area contributed by atoms with Crippen LogP contribution in [0.15, 0.2) is 45.8 Å². The number of hydrogen-bond acceptors (Lipinski definition) is 4. The van der Waals surface area contributed by atoms with Crippen molar-refractivity contribution in [3.8, 4) is 0 Å². The Hall–Kier alpha value is -1.59. The average Bonchev–Trinajstić information content (AvgIpc) is 2.74. The highest BCUT2D eigenvalue weighted by Crippen LogP contribution is 2.32. The zero-order valence-corrected chi connectivity index (χ0v) is 19.4. The van der Waals surface area contributed by atoms with Crippen LogP contribution in [0.3, 0.4) is 0 Å². The fourth-order valence-corrected chi connectivity index (χ4v) is 5.06. The summed E-state index contributed by atoms with van der Waals surface area (Å²) in [5.41, 5.74) is 4.15. The van der Waals surface area contributed by atoms with E-state index in [1.165, 1.54) is 49.4 Å². The molecule has 0 amide bonds. The molecule has 0 spiro atoms. The van der Waals surface area contributed by atoms with Crippen LogP contribution in [-0.2, 0) is 9.53 Å². The van der Waals surface area contributed by atoms with Gasteiger partial charge in [-0.05, 0) is 61.4 Å². The predicted octanol–water partition coefficient (Wildman–Crippen LogP) is 6.63. The highest BCUT2D eigenvalue weighted by Gasteiger charge is 2.16. The first-order valence-corrected chi connectivity index (χ1v) is 11.9. The van der Waals surface area contributed by atoms with Gasteiger partial charge in [0.05, 0.1) is 5.75 Å². The third-order valence-corrected chi connectivity index (χ3v) is 7.46. The minimum atomic E-state index is -0.373. The highest BCUT2D eigenvalue weighted by molar-refractivity contribution is 9.10. The van der Waals surface area contributed by atoms with Crippen LogP contribution in [0.1, 0.15) is 65.1 Å². The molecule has 29 heavy (non-hydrogen) atoms. The van der Waals surface area contributed by atoms with Crippen LogP contribution in [0.25, 0.3) is 0 Å². The first-order chi connectivity index (χ1) is 13.9. The van der Waals surface area contributed by atoms with E-state index in [0.717, 1.165) is 20.5 Å². The summed E-state index contributed by atoms with van der Waals surface area (Å²) < 4.78 is 6.26. The molecule has 0 saturated heterocycles. The van der Waals surface area contributed by atoms with E-state index in [4.69, 9.17) is 4.74 Å². The van der Waals surface area contributed by atoms with Gasteiger partial charge in [0.2, 0.25) is 0 Å². The normalized spacial score (nSPS) is 14.6. The molecule has 0 bridgehead atoms. The van der Waals surface area contributed by atoms with Crippen LogP contribution in [0, 0.1) is 13.8 Å². The van der Waals surface area contributed by atoms with Gasteiger partial charge in [-0.15, -0.1) is 11.8 Å². The molecular weight excluding hydrogens is 448 g/mol. The van der Waals surface area contributed by atoms with Crippen molar-refractivity contribution < 1.29 is 14.3 Å². The highest BCUT2D eigenvalue weighted by atomic mass is 79.9. The molecule has 0 N–H and O–H groups in total. The van der Waals surface area contributed by atoms with Crippen molar-refractivity contribution in [2.24, 2.45) is 0 Å². The van der Waals surface area contributed by atoms with Crippen molar-refractivity contribution in [1.82, 2.24) is 0 Å². The Balaban J connectivity index is 1.47. The van der Waals surface area contributed by atoms with Gasteiger partial charge in [-0.2, -0.15) is 0 Å². The summed E-state index contributed by atoms with van der Waals surface area (Å²) in [7, 11) is 0. The summed E-state index contributed by atoms with van der Waals surface area (Å²) in [5.74, 6) is 0.278. The Labute approximate surface area is 185 Å². The van der Waals surface area contributed by atoms with Crippen LogP contribution >= 0.6 is 27.7 Å². The second kappa shape index (κ2) is 10.4. The van der Waals surface area contributed by atoms with Gasteiger partial charge in [-0.25, -0.2) is 0 Å². The van der Waals surface area contributed by atoms with Crippen molar-refractivity contribution in [1.29, 1.82) is 0 Å². The van der Waals surface area contributed by atoms with Crippen LogP contribution in [0.5, 0.6) is 0 Å².